The van der Waals surface area contributed by atoms with Crippen LogP contribution in [0.5, 0.6) is 5.75 Å². The highest BCUT2D eigenvalue weighted by Crippen LogP contribution is 2.38. The molecule has 1 fully saturated rings. The van der Waals surface area contributed by atoms with E-state index in [-0.39, 0.29) is 17.7 Å². The van der Waals surface area contributed by atoms with Gasteiger partial charge in [-0.2, -0.15) is 0 Å². The number of halogens is 2. The van der Waals surface area contributed by atoms with Crippen LogP contribution in [0.4, 0.5) is 4.79 Å². The Hall–Kier alpha value is -2.87. The van der Waals surface area contributed by atoms with E-state index >= 15 is 0 Å². The van der Waals surface area contributed by atoms with Gasteiger partial charge in [0, 0.05) is 0 Å². The summed E-state index contributed by atoms with van der Waals surface area (Å²) in [4.78, 5) is 27.5. The molecule has 174 valence electrons. The van der Waals surface area contributed by atoms with Gasteiger partial charge in [0.1, 0.15) is 12.4 Å². The third-order valence-electron chi connectivity index (χ3n) is 5.63. The Morgan fingerprint density at radius 2 is 1.54 bits per heavy atom. The maximum Gasteiger partial charge on any atom is 0.293 e. The van der Waals surface area contributed by atoms with Gasteiger partial charge in [0.25, 0.3) is 11.1 Å². The number of fused-ring (bicyclic) bond motifs is 1. The highest BCUT2D eigenvalue weighted by Gasteiger charge is 2.35. The van der Waals surface area contributed by atoms with Crippen molar-refractivity contribution in [3.8, 4) is 5.75 Å². The Morgan fingerprint density at radius 3 is 2.31 bits per heavy atom. The van der Waals surface area contributed by atoms with E-state index in [2.05, 4.69) is 31.9 Å². The van der Waals surface area contributed by atoms with E-state index in [0.717, 1.165) is 48.2 Å². The monoisotopic (exact) mass is 607 g/mol. The zero-order valence-electron chi connectivity index (χ0n) is 18.4. The maximum atomic E-state index is 13.1. The molecule has 1 heterocycles. The van der Waals surface area contributed by atoms with E-state index in [9.17, 15) is 9.59 Å². The van der Waals surface area contributed by atoms with E-state index in [0.29, 0.717) is 17.3 Å². The molecule has 35 heavy (non-hydrogen) atoms. The number of nitrogens with zero attached hydrogens (tertiary/aromatic N) is 1. The van der Waals surface area contributed by atoms with Crippen molar-refractivity contribution in [3.63, 3.8) is 0 Å². The normalized spacial score (nSPS) is 14.8. The molecule has 4 aromatic carbocycles. The standard InChI is InChI=1S/C28H19Br2NO3S/c29-23-13-19(14-24(30)26(23)34-17-18-7-2-1-3-8-18)15-25-27(32)31(28(33)35-25)16-21-11-6-10-20-9-4-5-12-22(20)21/h1-15H,16-17H2/b25-15-. The second-order valence-corrected chi connectivity index (χ2v) is 10.7. The molecule has 7 heteroatoms. The average molecular weight is 609 g/mol. The summed E-state index contributed by atoms with van der Waals surface area (Å²) in [7, 11) is 0. The summed E-state index contributed by atoms with van der Waals surface area (Å²) in [6, 6.07) is 27.6. The number of thioether (sulfide) groups is 1. The third-order valence-corrected chi connectivity index (χ3v) is 7.71. The second-order valence-electron chi connectivity index (χ2n) is 7.99. The topological polar surface area (TPSA) is 46.6 Å². The van der Waals surface area contributed by atoms with Crippen molar-refractivity contribution in [2.75, 3.05) is 0 Å². The van der Waals surface area contributed by atoms with E-state index < -0.39 is 0 Å². The average Bonchev–Trinajstić information content (AvgIpc) is 3.11. The molecule has 4 aromatic rings. The fourth-order valence-corrected chi connectivity index (χ4v) is 6.21. The first kappa shape index (κ1) is 23.9. The number of rotatable bonds is 6. The summed E-state index contributed by atoms with van der Waals surface area (Å²) in [6.07, 6.45) is 1.74. The molecule has 0 saturated carbocycles. The largest absolute Gasteiger partial charge is 0.487 e. The quantitative estimate of drug-likeness (QED) is 0.207. The van der Waals surface area contributed by atoms with Gasteiger partial charge in [-0.25, -0.2) is 0 Å². The van der Waals surface area contributed by atoms with Crippen LogP contribution >= 0.6 is 43.6 Å². The van der Waals surface area contributed by atoms with Crippen molar-refractivity contribution in [1.29, 1.82) is 0 Å². The molecule has 0 atom stereocenters. The molecule has 0 spiro atoms. The molecule has 0 bridgehead atoms. The van der Waals surface area contributed by atoms with Crippen LogP contribution in [0.15, 0.2) is 98.8 Å². The molecule has 0 radical (unpaired) electrons. The highest BCUT2D eigenvalue weighted by molar-refractivity contribution is 9.11. The number of carbonyl (C=O) groups excluding carboxylic acids is 2. The van der Waals surface area contributed by atoms with Crippen LogP contribution < -0.4 is 4.74 Å². The Morgan fingerprint density at radius 1 is 0.857 bits per heavy atom. The van der Waals surface area contributed by atoms with Gasteiger partial charge >= 0.3 is 0 Å². The van der Waals surface area contributed by atoms with Crippen LogP contribution in [0.1, 0.15) is 16.7 Å². The summed E-state index contributed by atoms with van der Waals surface area (Å²) in [5, 5.41) is 1.85. The predicted molar refractivity (Wildman–Crippen MR) is 148 cm³/mol. The summed E-state index contributed by atoms with van der Waals surface area (Å²) in [5.74, 6) is 0.389. The lowest BCUT2D eigenvalue weighted by molar-refractivity contribution is -0.123. The molecule has 1 aliphatic heterocycles. The van der Waals surface area contributed by atoms with Gasteiger partial charge in [-0.1, -0.05) is 72.8 Å². The first-order valence-corrected chi connectivity index (χ1v) is 13.3. The van der Waals surface area contributed by atoms with Crippen molar-refractivity contribution < 1.29 is 14.3 Å². The van der Waals surface area contributed by atoms with E-state index in [1.165, 1.54) is 4.90 Å². The minimum Gasteiger partial charge on any atom is -0.487 e. The number of benzene rings is 4. The van der Waals surface area contributed by atoms with Crippen molar-refractivity contribution in [3.05, 3.63) is 115 Å². The van der Waals surface area contributed by atoms with Crippen LogP contribution in [0.3, 0.4) is 0 Å². The molecule has 0 aromatic heterocycles. The molecule has 1 saturated heterocycles. The van der Waals surface area contributed by atoms with Gasteiger partial charge in [-0.15, -0.1) is 0 Å². The lowest BCUT2D eigenvalue weighted by atomic mass is 10.0. The number of carbonyl (C=O) groups is 2. The molecule has 4 nitrogen and oxygen atoms in total. The SMILES string of the molecule is O=C1S/C(=C\c2cc(Br)c(OCc3ccccc3)c(Br)c2)C(=O)N1Cc1cccc2ccccc12. The fraction of sp³-hybridized carbons (Fsp3) is 0.0714. The minimum absolute atomic E-state index is 0.239. The molecular formula is C28H19Br2NO3S. The Bertz CT molecular complexity index is 1440. The molecule has 0 unspecified atom stereocenters. The molecular weight excluding hydrogens is 590 g/mol. The second kappa shape index (κ2) is 10.4. The van der Waals surface area contributed by atoms with Gasteiger partial charge in [0.15, 0.2) is 0 Å². The summed E-state index contributed by atoms with van der Waals surface area (Å²) in [5.41, 5.74) is 2.79. The molecule has 0 N–H and O–H groups in total. The van der Waals surface area contributed by atoms with Crippen LogP contribution in [-0.4, -0.2) is 16.0 Å². The summed E-state index contributed by atoms with van der Waals surface area (Å²) >= 11 is 8.11. The first-order valence-electron chi connectivity index (χ1n) is 10.9. The zero-order chi connectivity index (χ0) is 24.4. The van der Waals surface area contributed by atoms with E-state index in [1.807, 2.05) is 84.9 Å². The Balaban J connectivity index is 1.35. The lowest BCUT2D eigenvalue weighted by Crippen LogP contribution is -2.27. The van der Waals surface area contributed by atoms with Gasteiger partial charge in [0.2, 0.25) is 0 Å². The molecule has 5 rings (SSSR count). The van der Waals surface area contributed by atoms with E-state index in [1.54, 1.807) is 6.08 Å². The number of imide groups is 1. The smallest absolute Gasteiger partial charge is 0.293 e. The summed E-state index contributed by atoms with van der Waals surface area (Å²) in [6.45, 7) is 0.674. The Kier molecular flexibility index (Phi) is 7.09. The van der Waals surface area contributed by atoms with Gasteiger partial charge < -0.3 is 4.74 Å². The van der Waals surface area contributed by atoms with Crippen LogP contribution in [-0.2, 0) is 17.9 Å². The van der Waals surface area contributed by atoms with Gasteiger partial charge in [0.05, 0.1) is 20.4 Å². The number of ether oxygens (including phenoxy) is 1. The van der Waals surface area contributed by atoms with Crippen LogP contribution in [0, 0.1) is 0 Å². The van der Waals surface area contributed by atoms with Crippen molar-refractivity contribution >= 4 is 71.6 Å². The van der Waals surface area contributed by atoms with Crippen molar-refractivity contribution in [2.45, 2.75) is 13.2 Å². The van der Waals surface area contributed by atoms with E-state index in [4.69, 9.17) is 4.74 Å². The van der Waals surface area contributed by atoms with Crippen LogP contribution in [0.25, 0.3) is 16.8 Å². The summed E-state index contributed by atoms with van der Waals surface area (Å²) < 4.78 is 7.49. The van der Waals surface area contributed by atoms with Gasteiger partial charge in [-0.05, 0) is 89.3 Å². The van der Waals surface area contributed by atoms with Crippen LogP contribution in [0.2, 0.25) is 0 Å². The maximum absolute atomic E-state index is 13.1. The molecule has 2 amide bonds. The Labute approximate surface area is 224 Å². The number of hydrogen-bond donors (Lipinski definition) is 0. The van der Waals surface area contributed by atoms with Crippen molar-refractivity contribution in [2.24, 2.45) is 0 Å². The highest BCUT2D eigenvalue weighted by atomic mass is 79.9. The minimum atomic E-state index is -0.287. The lowest BCUT2D eigenvalue weighted by Gasteiger charge is -2.14. The number of hydrogen-bond acceptors (Lipinski definition) is 4. The fourth-order valence-electron chi connectivity index (χ4n) is 3.92. The van der Waals surface area contributed by atoms with Crippen molar-refractivity contribution in [1.82, 2.24) is 4.90 Å². The first-order chi connectivity index (χ1) is 17.0. The number of amides is 2. The van der Waals surface area contributed by atoms with Gasteiger partial charge in [-0.3, -0.25) is 14.5 Å². The molecule has 0 aliphatic carbocycles. The zero-order valence-corrected chi connectivity index (χ0v) is 22.4. The predicted octanol–water partition coefficient (Wildman–Crippen LogP) is 8.18. The third kappa shape index (κ3) is 5.22. The molecule has 1 aliphatic rings.